The van der Waals surface area contributed by atoms with Gasteiger partial charge in [0.05, 0.1) is 10.2 Å². The molecule has 0 aliphatic carbocycles. The van der Waals surface area contributed by atoms with Crippen molar-refractivity contribution in [1.82, 2.24) is 10.2 Å². The number of aryl methyl sites for hydroxylation is 1. The normalized spacial score (nSPS) is 10.8. The molecule has 0 unspecified atom stereocenters. The van der Waals surface area contributed by atoms with Gasteiger partial charge in [0.15, 0.2) is 0 Å². The number of rotatable bonds is 3. The molecular weight excluding hydrogens is 285 g/mol. The monoisotopic (exact) mass is 297 g/mol. The van der Waals surface area contributed by atoms with Gasteiger partial charge in [-0.25, -0.2) is 4.39 Å². The van der Waals surface area contributed by atoms with Crippen molar-refractivity contribution in [2.45, 2.75) is 13.3 Å². The molecule has 0 radical (unpaired) electrons. The average molecular weight is 298 g/mol. The number of H-pyrrole nitrogens is 1. The maximum absolute atomic E-state index is 13.2. The van der Waals surface area contributed by atoms with Gasteiger partial charge in [-0.1, -0.05) is 0 Å². The van der Waals surface area contributed by atoms with Crippen molar-refractivity contribution in [2.75, 3.05) is 6.54 Å². The van der Waals surface area contributed by atoms with Crippen molar-refractivity contribution in [3.05, 3.63) is 39.7 Å². The number of aromatic nitrogens is 2. The van der Waals surface area contributed by atoms with Gasteiger partial charge in [0.25, 0.3) is 0 Å². The Morgan fingerprint density at radius 3 is 2.88 bits per heavy atom. The maximum atomic E-state index is 13.2. The number of aromatic amines is 1. The summed E-state index contributed by atoms with van der Waals surface area (Å²) in [6.07, 6.45) is 0.730. The minimum Gasteiger partial charge on any atom is -0.330 e. The number of hydrogen-bond donors (Lipinski definition) is 2. The van der Waals surface area contributed by atoms with E-state index in [0.29, 0.717) is 12.1 Å². The molecular formula is C12H13BrFN3. The molecule has 1 aromatic heterocycles. The summed E-state index contributed by atoms with van der Waals surface area (Å²) in [6, 6.07) is 4.95. The molecule has 0 amide bonds. The zero-order chi connectivity index (χ0) is 12.4. The highest BCUT2D eigenvalue weighted by atomic mass is 79.9. The predicted molar refractivity (Wildman–Crippen MR) is 69.2 cm³/mol. The van der Waals surface area contributed by atoms with Crippen molar-refractivity contribution in [1.29, 1.82) is 0 Å². The Balaban J connectivity index is 2.42. The van der Waals surface area contributed by atoms with Crippen LogP contribution in [-0.4, -0.2) is 16.7 Å². The Hall–Kier alpha value is -1.20. The van der Waals surface area contributed by atoms with Crippen LogP contribution in [0.3, 0.4) is 0 Å². The minimum absolute atomic E-state index is 0.206. The van der Waals surface area contributed by atoms with E-state index in [-0.39, 0.29) is 5.82 Å². The average Bonchev–Trinajstić information content (AvgIpc) is 2.66. The molecule has 0 fully saturated rings. The van der Waals surface area contributed by atoms with Crippen LogP contribution in [0.15, 0.2) is 22.7 Å². The number of hydrogen-bond acceptors (Lipinski definition) is 2. The molecule has 0 spiro atoms. The van der Waals surface area contributed by atoms with E-state index in [4.69, 9.17) is 5.73 Å². The maximum Gasteiger partial charge on any atom is 0.126 e. The predicted octanol–water partition coefficient (Wildman–Crippen LogP) is 2.79. The van der Waals surface area contributed by atoms with Gasteiger partial charge in [-0.3, -0.25) is 5.10 Å². The van der Waals surface area contributed by atoms with Gasteiger partial charge >= 0.3 is 0 Å². The highest BCUT2D eigenvalue weighted by Crippen LogP contribution is 2.29. The Kier molecular flexibility index (Phi) is 3.59. The van der Waals surface area contributed by atoms with Gasteiger partial charge in [0.1, 0.15) is 11.5 Å². The lowest BCUT2D eigenvalue weighted by atomic mass is 10.1. The van der Waals surface area contributed by atoms with Crippen LogP contribution in [0.5, 0.6) is 0 Å². The van der Waals surface area contributed by atoms with Crippen molar-refractivity contribution in [3.8, 4) is 11.3 Å². The molecule has 1 heterocycles. The Bertz CT molecular complexity index is 537. The lowest BCUT2D eigenvalue weighted by molar-refractivity contribution is 0.618. The van der Waals surface area contributed by atoms with Gasteiger partial charge in [0, 0.05) is 12.0 Å². The molecule has 2 aromatic rings. The van der Waals surface area contributed by atoms with E-state index in [1.807, 2.05) is 0 Å². The quantitative estimate of drug-likeness (QED) is 0.915. The van der Waals surface area contributed by atoms with Gasteiger partial charge in [-0.05, 0) is 53.2 Å². The molecule has 0 saturated carbocycles. The van der Waals surface area contributed by atoms with Crippen LogP contribution in [0.1, 0.15) is 11.3 Å². The first-order chi connectivity index (χ1) is 8.13. The summed E-state index contributed by atoms with van der Waals surface area (Å²) in [7, 11) is 0. The van der Waals surface area contributed by atoms with E-state index in [9.17, 15) is 4.39 Å². The van der Waals surface area contributed by atoms with Crippen molar-refractivity contribution in [3.63, 3.8) is 0 Å². The third kappa shape index (κ3) is 2.40. The summed E-state index contributed by atoms with van der Waals surface area (Å²) < 4.78 is 14.1. The van der Waals surface area contributed by atoms with E-state index in [0.717, 1.165) is 27.8 Å². The summed E-state index contributed by atoms with van der Waals surface area (Å²) in [6.45, 7) is 2.29. The lowest BCUT2D eigenvalue weighted by Gasteiger charge is -2.01. The van der Waals surface area contributed by atoms with Gasteiger partial charge in [-0.2, -0.15) is 5.10 Å². The molecule has 0 saturated heterocycles. The number of nitrogens with zero attached hydrogens (tertiary/aromatic N) is 1. The van der Waals surface area contributed by atoms with Crippen molar-refractivity contribution in [2.24, 2.45) is 5.73 Å². The summed E-state index contributed by atoms with van der Waals surface area (Å²) in [4.78, 5) is 0. The number of nitrogens with one attached hydrogen (secondary N) is 1. The fourth-order valence-corrected chi connectivity index (χ4v) is 2.26. The summed E-state index contributed by atoms with van der Waals surface area (Å²) >= 11 is 3.49. The molecule has 3 N–H and O–H groups in total. The Labute approximate surface area is 107 Å². The second-order valence-corrected chi connectivity index (χ2v) is 4.66. The first kappa shape index (κ1) is 12.3. The van der Waals surface area contributed by atoms with Crippen LogP contribution in [-0.2, 0) is 6.42 Å². The fourth-order valence-electron chi connectivity index (χ4n) is 1.66. The fraction of sp³-hybridized carbons (Fsp3) is 0.250. The van der Waals surface area contributed by atoms with Crippen LogP contribution in [0.2, 0.25) is 0 Å². The standard InChI is InChI=1S/C12H13BrFN3/c1-7-6-8(2-3-9(7)14)12-11(13)10(4-5-15)16-17-12/h2-3,6H,4-5,15H2,1H3,(H,16,17). The molecule has 3 nitrogen and oxygen atoms in total. The molecule has 90 valence electrons. The van der Waals surface area contributed by atoms with Crippen LogP contribution in [0.4, 0.5) is 4.39 Å². The highest BCUT2D eigenvalue weighted by molar-refractivity contribution is 9.10. The Morgan fingerprint density at radius 1 is 1.47 bits per heavy atom. The first-order valence-electron chi connectivity index (χ1n) is 5.33. The van der Waals surface area contributed by atoms with Crippen LogP contribution < -0.4 is 5.73 Å². The highest BCUT2D eigenvalue weighted by Gasteiger charge is 2.12. The lowest BCUT2D eigenvalue weighted by Crippen LogP contribution is -2.03. The zero-order valence-electron chi connectivity index (χ0n) is 9.43. The zero-order valence-corrected chi connectivity index (χ0v) is 11.0. The van der Waals surface area contributed by atoms with Crippen molar-refractivity contribution < 1.29 is 4.39 Å². The Morgan fingerprint density at radius 2 is 2.24 bits per heavy atom. The third-order valence-corrected chi connectivity index (χ3v) is 3.46. The minimum atomic E-state index is -0.206. The van der Waals surface area contributed by atoms with E-state index >= 15 is 0 Å². The van der Waals surface area contributed by atoms with Crippen LogP contribution >= 0.6 is 15.9 Å². The smallest absolute Gasteiger partial charge is 0.126 e. The van der Waals surface area contributed by atoms with E-state index in [1.54, 1.807) is 19.1 Å². The van der Waals surface area contributed by atoms with Gasteiger partial charge in [-0.15, -0.1) is 0 Å². The third-order valence-electron chi connectivity index (χ3n) is 2.60. The molecule has 0 atom stereocenters. The summed E-state index contributed by atoms with van der Waals surface area (Å²) in [5.41, 5.74) is 8.75. The molecule has 17 heavy (non-hydrogen) atoms. The second-order valence-electron chi connectivity index (χ2n) is 3.87. The van der Waals surface area contributed by atoms with Crippen molar-refractivity contribution >= 4 is 15.9 Å². The summed E-state index contributed by atoms with van der Waals surface area (Å²) in [5, 5.41) is 7.16. The molecule has 0 aliphatic heterocycles. The number of benzene rings is 1. The van der Waals surface area contributed by atoms with Crippen LogP contribution in [0.25, 0.3) is 11.3 Å². The summed E-state index contributed by atoms with van der Waals surface area (Å²) in [5.74, 6) is -0.206. The topological polar surface area (TPSA) is 54.7 Å². The largest absolute Gasteiger partial charge is 0.330 e. The molecule has 5 heteroatoms. The molecule has 0 bridgehead atoms. The van der Waals surface area contributed by atoms with Gasteiger partial charge < -0.3 is 5.73 Å². The number of nitrogens with two attached hydrogens (primary N) is 1. The van der Waals surface area contributed by atoms with E-state index in [1.165, 1.54) is 6.07 Å². The van der Waals surface area contributed by atoms with E-state index < -0.39 is 0 Å². The number of halogens is 2. The van der Waals surface area contributed by atoms with Gasteiger partial charge in [0.2, 0.25) is 0 Å². The van der Waals surface area contributed by atoms with E-state index in [2.05, 4.69) is 26.1 Å². The molecule has 1 aromatic carbocycles. The van der Waals surface area contributed by atoms with Crippen LogP contribution in [0, 0.1) is 12.7 Å². The molecule has 0 aliphatic rings. The molecule has 2 rings (SSSR count). The first-order valence-corrected chi connectivity index (χ1v) is 6.12. The SMILES string of the molecule is Cc1cc(-c2n[nH]c(CCN)c2Br)ccc1F. The second kappa shape index (κ2) is 4.98.